The lowest BCUT2D eigenvalue weighted by molar-refractivity contribution is -0.183. The molecule has 44 heavy (non-hydrogen) atoms. The van der Waals surface area contributed by atoms with Crippen LogP contribution < -0.4 is 10.2 Å². The van der Waals surface area contributed by atoms with Crippen LogP contribution in [0.1, 0.15) is 51.7 Å². The van der Waals surface area contributed by atoms with Gasteiger partial charge in [0.05, 0.1) is 19.3 Å². The molecule has 1 saturated heterocycles. The van der Waals surface area contributed by atoms with Crippen LogP contribution in [0.2, 0.25) is 0 Å². The van der Waals surface area contributed by atoms with E-state index in [4.69, 9.17) is 4.84 Å². The minimum Gasteiger partial charge on any atom is -0.394 e. The van der Waals surface area contributed by atoms with E-state index in [9.17, 15) is 15.0 Å². The first-order valence-corrected chi connectivity index (χ1v) is 16.5. The van der Waals surface area contributed by atoms with E-state index in [1.807, 2.05) is 6.07 Å². The molecule has 8 atom stereocenters. The molecular formula is C36H54N4O4. The summed E-state index contributed by atoms with van der Waals surface area (Å²) in [6.07, 6.45) is 1.72. The molecule has 3 saturated carbocycles. The highest BCUT2D eigenvalue weighted by atomic mass is 16.7. The number of nitrogens with zero attached hydrogens (tertiary/aromatic N) is 3. The van der Waals surface area contributed by atoms with E-state index in [-0.39, 0.29) is 18.6 Å². The number of rotatable bonds is 13. The van der Waals surface area contributed by atoms with Crippen molar-refractivity contribution in [3.05, 3.63) is 65.7 Å². The summed E-state index contributed by atoms with van der Waals surface area (Å²) in [6.45, 7) is 11.5. The zero-order valence-corrected chi connectivity index (χ0v) is 27.5. The van der Waals surface area contributed by atoms with Gasteiger partial charge in [0.15, 0.2) is 0 Å². The summed E-state index contributed by atoms with van der Waals surface area (Å²) < 4.78 is 0. The number of anilines is 1. The predicted molar refractivity (Wildman–Crippen MR) is 175 cm³/mol. The van der Waals surface area contributed by atoms with Gasteiger partial charge >= 0.3 is 0 Å². The van der Waals surface area contributed by atoms with Crippen molar-refractivity contribution < 1.29 is 19.8 Å². The topological polar surface area (TPSA) is 88.5 Å². The van der Waals surface area contributed by atoms with Crippen molar-refractivity contribution in [1.82, 2.24) is 15.3 Å². The monoisotopic (exact) mass is 606 g/mol. The van der Waals surface area contributed by atoms with E-state index in [0.717, 1.165) is 43.7 Å². The maximum Gasteiger partial charge on any atom is 0.240 e. The van der Waals surface area contributed by atoms with Crippen LogP contribution in [0.15, 0.2) is 54.6 Å². The van der Waals surface area contributed by atoms with E-state index < -0.39 is 24.2 Å². The maximum absolute atomic E-state index is 14.0. The second-order valence-electron chi connectivity index (χ2n) is 14.4. The Morgan fingerprint density at radius 3 is 2.43 bits per heavy atom. The quantitative estimate of drug-likeness (QED) is 0.318. The Morgan fingerprint density at radius 2 is 1.80 bits per heavy atom. The van der Waals surface area contributed by atoms with E-state index in [0.29, 0.717) is 29.7 Å². The second kappa shape index (κ2) is 13.9. The third-order valence-corrected chi connectivity index (χ3v) is 11.0. The number of likely N-dealkylation sites (N-methyl/N-ethyl adjacent to an activating group) is 1. The highest BCUT2D eigenvalue weighted by Crippen LogP contribution is 2.61. The first kappa shape index (κ1) is 32.9. The zero-order valence-electron chi connectivity index (χ0n) is 27.5. The van der Waals surface area contributed by atoms with E-state index >= 15 is 0 Å². The van der Waals surface area contributed by atoms with Crippen molar-refractivity contribution in [2.75, 3.05) is 45.2 Å². The van der Waals surface area contributed by atoms with Crippen LogP contribution in [-0.2, 0) is 22.6 Å². The van der Waals surface area contributed by atoms with E-state index in [1.165, 1.54) is 12.0 Å². The molecular weight excluding hydrogens is 552 g/mol. The Kier molecular flexibility index (Phi) is 10.4. The van der Waals surface area contributed by atoms with Gasteiger partial charge in [0.2, 0.25) is 5.91 Å². The van der Waals surface area contributed by atoms with Crippen LogP contribution in [0.25, 0.3) is 0 Å². The lowest BCUT2D eigenvalue weighted by Gasteiger charge is -2.62. The van der Waals surface area contributed by atoms with Crippen molar-refractivity contribution >= 4 is 11.6 Å². The van der Waals surface area contributed by atoms with Crippen molar-refractivity contribution in [2.24, 2.45) is 29.1 Å². The summed E-state index contributed by atoms with van der Waals surface area (Å²) >= 11 is 0. The summed E-state index contributed by atoms with van der Waals surface area (Å²) in [5.41, 5.74) is 3.79. The largest absolute Gasteiger partial charge is 0.394 e. The minimum atomic E-state index is -0.810. The summed E-state index contributed by atoms with van der Waals surface area (Å²) in [5.74, 6) is 0.988. The average Bonchev–Trinajstić information content (AvgIpc) is 3.37. The number of amides is 1. The SMILES string of the molecule is CC1C(NC(=O)[C@@H]2[C@H]([C@H](C)O)[C@H](CO)ON2Cc2cccc(N(CCc3ccccc3)CCN(C)C)c2)CC2C[C@@H]1C2(C)C. The van der Waals surface area contributed by atoms with Crippen LogP contribution in [-0.4, -0.2) is 90.7 Å². The maximum atomic E-state index is 14.0. The van der Waals surface area contributed by atoms with Crippen molar-refractivity contribution in [3.8, 4) is 0 Å². The Morgan fingerprint density at radius 1 is 1.07 bits per heavy atom. The van der Waals surface area contributed by atoms with Gasteiger partial charge in [0, 0.05) is 37.3 Å². The second-order valence-corrected chi connectivity index (χ2v) is 14.4. The number of aliphatic hydroxyl groups excluding tert-OH is 2. The number of hydrogen-bond donors (Lipinski definition) is 3. The molecule has 3 unspecified atom stereocenters. The van der Waals surface area contributed by atoms with Gasteiger partial charge in [-0.25, -0.2) is 0 Å². The summed E-state index contributed by atoms with van der Waals surface area (Å²) in [4.78, 5) is 24.9. The van der Waals surface area contributed by atoms with Crippen LogP contribution in [0.5, 0.6) is 0 Å². The fourth-order valence-corrected chi connectivity index (χ4v) is 8.12. The molecule has 8 heteroatoms. The number of carbonyl (C=O) groups is 1. The van der Waals surface area contributed by atoms with Gasteiger partial charge in [-0.15, -0.1) is 0 Å². The smallest absolute Gasteiger partial charge is 0.240 e. The number of hydrogen-bond acceptors (Lipinski definition) is 7. The molecule has 1 amide bonds. The molecule has 0 aromatic heterocycles. The highest BCUT2D eigenvalue weighted by Gasteiger charge is 2.57. The molecule has 2 aromatic rings. The number of benzene rings is 2. The third-order valence-electron chi connectivity index (χ3n) is 11.0. The first-order chi connectivity index (χ1) is 21.0. The Bertz CT molecular complexity index is 1240. The molecule has 242 valence electrons. The summed E-state index contributed by atoms with van der Waals surface area (Å²) in [6, 6.07) is 18.4. The molecule has 1 heterocycles. The summed E-state index contributed by atoms with van der Waals surface area (Å²) in [7, 11) is 4.19. The Hall–Kier alpha value is -2.49. The van der Waals surface area contributed by atoms with Gasteiger partial charge in [-0.2, -0.15) is 5.06 Å². The van der Waals surface area contributed by atoms with Crippen LogP contribution in [0, 0.1) is 29.1 Å². The van der Waals surface area contributed by atoms with Gasteiger partial charge in [0.25, 0.3) is 0 Å². The van der Waals surface area contributed by atoms with Gasteiger partial charge < -0.3 is 25.3 Å². The molecule has 3 N–H and O–H groups in total. The van der Waals surface area contributed by atoms with Gasteiger partial charge in [-0.3, -0.25) is 9.63 Å². The number of nitrogens with one attached hydrogen (secondary N) is 1. The number of hydroxylamine groups is 2. The standard InChI is InChI=1S/C36H54N4O4/c1-24-30-20-28(36(30,3)4)21-31(24)37-35(43)34-33(25(2)42)32(23-41)44-40(34)22-27-13-10-14-29(19-27)39(18-17-38(5)6)16-15-26-11-8-7-9-12-26/h7-14,19,24-25,28,30-34,41-42H,15-18,20-23H2,1-6H3,(H,37,43)/t24?,25-,28?,30-,31?,32-,33+,34-/m0/s1. The highest BCUT2D eigenvalue weighted by molar-refractivity contribution is 5.82. The fraction of sp³-hybridized carbons (Fsp3) is 0.639. The number of fused-ring (bicyclic) bond motifs is 2. The van der Waals surface area contributed by atoms with E-state index in [2.05, 4.69) is 98.5 Å². The molecule has 4 aliphatic rings. The van der Waals surface area contributed by atoms with Gasteiger partial charge in [-0.1, -0.05) is 63.2 Å². The minimum absolute atomic E-state index is 0.113. The fourth-order valence-electron chi connectivity index (χ4n) is 8.12. The molecule has 3 aliphatic carbocycles. The van der Waals surface area contributed by atoms with Crippen LogP contribution >= 0.6 is 0 Å². The average molecular weight is 607 g/mol. The van der Waals surface area contributed by atoms with Crippen molar-refractivity contribution in [1.29, 1.82) is 0 Å². The molecule has 0 radical (unpaired) electrons. The normalized spacial score (nSPS) is 30.2. The molecule has 6 rings (SSSR count). The lowest BCUT2D eigenvalue weighted by Crippen LogP contribution is -2.62. The molecule has 2 aromatic carbocycles. The Labute approximate surface area is 264 Å². The molecule has 8 nitrogen and oxygen atoms in total. The zero-order chi connectivity index (χ0) is 31.6. The lowest BCUT2D eigenvalue weighted by atomic mass is 9.45. The summed E-state index contributed by atoms with van der Waals surface area (Å²) in [5, 5.41) is 26.1. The van der Waals surface area contributed by atoms with Crippen molar-refractivity contribution in [2.45, 2.75) is 77.8 Å². The third kappa shape index (κ3) is 7.00. The van der Waals surface area contributed by atoms with E-state index in [1.54, 1.807) is 12.0 Å². The molecule has 0 spiro atoms. The Balaban J connectivity index is 1.33. The number of aliphatic hydroxyl groups is 2. The molecule has 2 bridgehead atoms. The molecule has 4 fully saturated rings. The predicted octanol–water partition coefficient (Wildman–Crippen LogP) is 3.96. The first-order valence-electron chi connectivity index (χ1n) is 16.5. The van der Waals surface area contributed by atoms with Crippen LogP contribution in [0.3, 0.4) is 0 Å². The van der Waals surface area contributed by atoms with Gasteiger partial charge in [0.1, 0.15) is 12.1 Å². The number of carbonyl (C=O) groups excluding carboxylic acids is 1. The van der Waals surface area contributed by atoms with Crippen LogP contribution in [0.4, 0.5) is 5.69 Å². The van der Waals surface area contributed by atoms with Crippen molar-refractivity contribution in [3.63, 3.8) is 0 Å². The van der Waals surface area contributed by atoms with Gasteiger partial charge in [-0.05, 0) is 86.7 Å². The molecule has 1 aliphatic heterocycles.